The number of carboxylic acids is 1. The number of aromatic carboxylic acids is 1. The van der Waals surface area contributed by atoms with Crippen molar-refractivity contribution in [3.8, 4) is 11.1 Å². The molecule has 0 saturated carbocycles. The van der Waals surface area contributed by atoms with Gasteiger partial charge in [0.2, 0.25) is 0 Å². The van der Waals surface area contributed by atoms with Gasteiger partial charge in [0.05, 0.1) is 5.56 Å². The number of benzene rings is 2. The van der Waals surface area contributed by atoms with Crippen molar-refractivity contribution in [1.82, 2.24) is 0 Å². The van der Waals surface area contributed by atoms with Crippen LogP contribution in [-0.2, 0) is 0 Å². The molecule has 0 bridgehead atoms. The smallest absolute Gasteiger partial charge is 0.336 e. The molecule has 19 heavy (non-hydrogen) atoms. The Hall–Kier alpha value is -2.09. The van der Waals surface area contributed by atoms with Crippen LogP contribution in [0.5, 0.6) is 0 Å². The summed E-state index contributed by atoms with van der Waals surface area (Å²) in [7, 11) is 0. The van der Waals surface area contributed by atoms with Crippen molar-refractivity contribution >= 4 is 5.97 Å². The Morgan fingerprint density at radius 2 is 1.79 bits per heavy atom. The van der Waals surface area contributed by atoms with Gasteiger partial charge in [0.25, 0.3) is 0 Å². The molecule has 0 radical (unpaired) electrons. The Labute approximate surface area is 113 Å². The van der Waals surface area contributed by atoms with Crippen LogP contribution in [0.15, 0.2) is 42.5 Å². The molecule has 0 spiro atoms. The largest absolute Gasteiger partial charge is 0.478 e. The minimum absolute atomic E-state index is 0.287. The molecule has 0 aliphatic carbocycles. The van der Waals surface area contributed by atoms with E-state index >= 15 is 0 Å². The summed E-state index contributed by atoms with van der Waals surface area (Å²) in [5, 5.41) is 9.40. The third-order valence-electron chi connectivity index (χ3n) is 3.26. The van der Waals surface area contributed by atoms with Crippen LogP contribution >= 0.6 is 0 Å². The van der Waals surface area contributed by atoms with Gasteiger partial charge in [-0.15, -0.1) is 0 Å². The van der Waals surface area contributed by atoms with Gasteiger partial charge in [0.1, 0.15) is 0 Å². The number of aryl methyl sites for hydroxylation is 1. The summed E-state index contributed by atoms with van der Waals surface area (Å²) >= 11 is 0. The lowest BCUT2D eigenvalue weighted by Crippen LogP contribution is -2.04. The van der Waals surface area contributed by atoms with E-state index in [1.165, 1.54) is 0 Å². The second-order valence-electron chi connectivity index (χ2n) is 5.10. The SMILES string of the molecule is Cc1cccc(-c2c(C(=O)O)cccc2C(C)C)c1. The summed E-state index contributed by atoms with van der Waals surface area (Å²) in [6, 6.07) is 13.5. The third-order valence-corrected chi connectivity index (χ3v) is 3.26. The third kappa shape index (κ3) is 2.68. The number of carboxylic acid groups (broad SMARTS) is 1. The van der Waals surface area contributed by atoms with E-state index in [1.807, 2.05) is 43.3 Å². The van der Waals surface area contributed by atoms with Crippen molar-refractivity contribution in [1.29, 1.82) is 0 Å². The number of carbonyl (C=O) groups is 1. The lowest BCUT2D eigenvalue weighted by Gasteiger charge is -2.16. The van der Waals surface area contributed by atoms with Crippen molar-refractivity contribution in [2.75, 3.05) is 0 Å². The average Bonchev–Trinajstić information content (AvgIpc) is 2.37. The van der Waals surface area contributed by atoms with Gasteiger partial charge in [-0.05, 0) is 35.6 Å². The van der Waals surface area contributed by atoms with Crippen LogP contribution < -0.4 is 0 Å². The molecule has 1 N–H and O–H groups in total. The molecular formula is C17H18O2. The molecule has 0 heterocycles. The molecular weight excluding hydrogens is 236 g/mol. The highest BCUT2D eigenvalue weighted by Crippen LogP contribution is 2.32. The summed E-state index contributed by atoms with van der Waals surface area (Å²) in [4.78, 5) is 11.5. The lowest BCUT2D eigenvalue weighted by molar-refractivity contribution is 0.0697. The normalized spacial score (nSPS) is 10.7. The number of hydrogen-bond acceptors (Lipinski definition) is 1. The quantitative estimate of drug-likeness (QED) is 0.876. The first-order chi connectivity index (χ1) is 9.00. The van der Waals surface area contributed by atoms with Crippen LogP contribution in [0.25, 0.3) is 11.1 Å². The van der Waals surface area contributed by atoms with Gasteiger partial charge in [-0.1, -0.05) is 55.8 Å². The molecule has 0 aromatic heterocycles. The predicted octanol–water partition coefficient (Wildman–Crippen LogP) is 4.48. The maximum Gasteiger partial charge on any atom is 0.336 e. The van der Waals surface area contributed by atoms with Gasteiger partial charge in [-0.25, -0.2) is 4.79 Å². The van der Waals surface area contributed by atoms with E-state index in [4.69, 9.17) is 0 Å². The summed E-state index contributed by atoms with van der Waals surface area (Å²) in [6.07, 6.45) is 0. The molecule has 98 valence electrons. The molecule has 0 aliphatic rings. The standard InChI is InChI=1S/C17H18O2/c1-11(2)14-8-5-9-15(17(18)19)16(14)13-7-4-6-12(3)10-13/h4-11H,1-3H3,(H,18,19). The first kappa shape index (κ1) is 13.3. The Kier molecular flexibility index (Phi) is 3.70. The Morgan fingerprint density at radius 3 is 2.37 bits per heavy atom. The maximum atomic E-state index is 11.5. The van der Waals surface area contributed by atoms with Crippen molar-refractivity contribution < 1.29 is 9.90 Å². The topological polar surface area (TPSA) is 37.3 Å². The molecule has 2 heteroatoms. The van der Waals surface area contributed by atoms with Gasteiger partial charge in [-0.2, -0.15) is 0 Å². The van der Waals surface area contributed by atoms with Crippen LogP contribution in [0.1, 0.15) is 41.3 Å². The average molecular weight is 254 g/mol. The van der Waals surface area contributed by atoms with Crippen LogP contribution in [-0.4, -0.2) is 11.1 Å². The monoisotopic (exact) mass is 254 g/mol. The summed E-state index contributed by atoms with van der Waals surface area (Å²) < 4.78 is 0. The molecule has 0 amide bonds. The van der Waals surface area contributed by atoms with E-state index in [0.717, 1.165) is 22.3 Å². The van der Waals surface area contributed by atoms with Gasteiger partial charge in [-0.3, -0.25) is 0 Å². The number of hydrogen-bond donors (Lipinski definition) is 1. The first-order valence-corrected chi connectivity index (χ1v) is 6.44. The zero-order valence-electron chi connectivity index (χ0n) is 11.5. The van der Waals surface area contributed by atoms with Gasteiger partial charge < -0.3 is 5.11 Å². The lowest BCUT2D eigenvalue weighted by atomic mass is 9.88. The summed E-state index contributed by atoms with van der Waals surface area (Å²) in [5.74, 6) is -0.589. The van der Waals surface area contributed by atoms with E-state index in [1.54, 1.807) is 6.07 Å². The van der Waals surface area contributed by atoms with Gasteiger partial charge in [0.15, 0.2) is 0 Å². The van der Waals surface area contributed by atoms with Crippen LogP contribution in [0.2, 0.25) is 0 Å². The molecule has 0 fully saturated rings. The van der Waals surface area contributed by atoms with E-state index in [2.05, 4.69) is 13.8 Å². The Morgan fingerprint density at radius 1 is 1.11 bits per heavy atom. The van der Waals surface area contributed by atoms with Gasteiger partial charge in [0, 0.05) is 0 Å². The zero-order valence-corrected chi connectivity index (χ0v) is 11.5. The van der Waals surface area contributed by atoms with Gasteiger partial charge >= 0.3 is 5.97 Å². The molecule has 0 saturated heterocycles. The Balaban J connectivity index is 2.75. The second kappa shape index (κ2) is 5.27. The van der Waals surface area contributed by atoms with Crippen molar-refractivity contribution in [3.05, 3.63) is 59.2 Å². The fourth-order valence-electron chi connectivity index (χ4n) is 2.35. The second-order valence-corrected chi connectivity index (χ2v) is 5.10. The van der Waals surface area contributed by atoms with Crippen LogP contribution in [0.3, 0.4) is 0 Å². The molecule has 0 atom stereocenters. The zero-order chi connectivity index (χ0) is 14.0. The van der Waals surface area contributed by atoms with E-state index in [9.17, 15) is 9.90 Å². The van der Waals surface area contributed by atoms with E-state index in [0.29, 0.717) is 5.56 Å². The highest BCUT2D eigenvalue weighted by atomic mass is 16.4. The van der Waals surface area contributed by atoms with Crippen LogP contribution in [0, 0.1) is 6.92 Å². The van der Waals surface area contributed by atoms with Crippen molar-refractivity contribution in [3.63, 3.8) is 0 Å². The molecule has 2 nitrogen and oxygen atoms in total. The highest BCUT2D eigenvalue weighted by molar-refractivity contribution is 5.97. The number of rotatable bonds is 3. The summed E-state index contributed by atoms with van der Waals surface area (Å²) in [5.41, 5.74) is 4.39. The molecule has 2 aromatic rings. The molecule has 0 unspecified atom stereocenters. The van der Waals surface area contributed by atoms with E-state index < -0.39 is 5.97 Å². The molecule has 2 rings (SSSR count). The van der Waals surface area contributed by atoms with Crippen molar-refractivity contribution in [2.45, 2.75) is 26.7 Å². The van der Waals surface area contributed by atoms with Crippen molar-refractivity contribution in [2.24, 2.45) is 0 Å². The Bertz CT molecular complexity index is 612. The van der Waals surface area contributed by atoms with E-state index in [-0.39, 0.29) is 5.92 Å². The molecule has 0 aliphatic heterocycles. The van der Waals surface area contributed by atoms with Crippen LogP contribution in [0.4, 0.5) is 0 Å². The predicted molar refractivity (Wildman–Crippen MR) is 77.7 cm³/mol. The maximum absolute atomic E-state index is 11.5. The minimum Gasteiger partial charge on any atom is -0.478 e. The molecule has 2 aromatic carbocycles. The first-order valence-electron chi connectivity index (χ1n) is 6.44. The minimum atomic E-state index is -0.876. The highest BCUT2D eigenvalue weighted by Gasteiger charge is 2.17. The summed E-state index contributed by atoms with van der Waals surface area (Å²) in [6.45, 7) is 6.18. The fraction of sp³-hybridized carbons (Fsp3) is 0.235. The fourth-order valence-corrected chi connectivity index (χ4v) is 2.35.